The topological polar surface area (TPSA) is 104 Å². The number of rotatable bonds is 7. The molecule has 10 atom stereocenters. The molecule has 57 heavy (non-hydrogen) atoms. The summed E-state index contributed by atoms with van der Waals surface area (Å²) >= 11 is 0. The molecule has 1 aliphatic heterocycles. The maximum atomic E-state index is 15.7. The van der Waals surface area contributed by atoms with E-state index in [0.717, 1.165) is 100 Å². The molecule has 13 aliphatic rings. The molecule has 0 radical (unpaired) electrons. The summed E-state index contributed by atoms with van der Waals surface area (Å²) in [7, 11) is 0. The number of nitrogens with zero attached hydrogens (tertiary/aromatic N) is 1. The van der Waals surface area contributed by atoms with Crippen molar-refractivity contribution in [2.45, 2.75) is 180 Å². The van der Waals surface area contributed by atoms with Crippen molar-refractivity contribution in [2.24, 2.45) is 73.4 Å². The van der Waals surface area contributed by atoms with Crippen LogP contribution < -0.4 is 0 Å². The fourth-order valence-electron chi connectivity index (χ4n) is 18.6. The summed E-state index contributed by atoms with van der Waals surface area (Å²) in [6, 6.07) is 0. The Labute approximate surface area is 341 Å². The van der Waals surface area contributed by atoms with Crippen LogP contribution in [0.2, 0.25) is 0 Å². The number of carbonyl (C=O) groups excluding carboxylic acids is 3. The van der Waals surface area contributed by atoms with Crippen LogP contribution in [0.5, 0.6) is 0 Å². The molecule has 8 bridgehead atoms. The van der Waals surface area contributed by atoms with E-state index in [0.29, 0.717) is 38.0 Å². The number of aliphatic hydroxyl groups excluding tert-OH is 1. The Bertz CT molecular complexity index is 1820. The number of esters is 1. The summed E-state index contributed by atoms with van der Waals surface area (Å²) in [5, 5.41) is 24.8. The normalized spacial score (nSPS) is 53.6. The third kappa shape index (κ3) is 4.51. The summed E-state index contributed by atoms with van der Waals surface area (Å²) in [4.78, 5) is 46.5. The first kappa shape index (κ1) is 38.0. The second kappa shape index (κ2) is 11.7. The lowest BCUT2D eigenvalue weighted by atomic mass is 9.32. The van der Waals surface area contributed by atoms with E-state index < -0.39 is 32.9 Å². The molecule has 2 spiro atoms. The number of amides is 1. The van der Waals surface area contributed by atoms with Crippen molar-refractivity contribution in [2.75, 3.05) is 13.1 Å². The van der Waals surface area contributed by atoms with E-state index in [9.17, 15) is 15.0 Å². The number of ether oxygens (including phenoxy) is 1. The van der Waals surface area contributed by atoms with Gasteiger partial charge in [-0.25, -0.2) is 0 Å². The first-order valence-electron chi connectivity index (χ1n) is 23.8. The first-order valence-corrected chi connectivity index (χ1v) is 23.8. The number of allylic oxidation sites excluding steroid dienone is 4. The van der Waals surface area contributed by atoms with Gasteiger partial charge in [-0.1, -0.05) is 65.2 Å². The maximum absolute atomic E-state index is 15.7. The average Bonchev–Trinajstić information content (AvgIpc) is 3.61. The van der Waals surface area contributed by atoms with Crippen LogP contribution in [-0.2, 0) is 19.1 Å². The van der Waals surface area contributed by atoms with Crippen molar-refractivity contribution in [3.8, 4) is 0 Å². The molecule has 0 aromatic rings. The number of aliphatic hydroxyl groups is 2. The second-order valence-electron chi connectivity index (χ2n) is 24.3. The van der Waals surface area contributed by atoms with Gasteiger partial charge in [-0.05, 0) is 156 Å². The van der Waals surface area contributed by atoms with E-state index in [2.05, 4.69) is 50.8 Å². The molecular formula is C50H71NO6. The van der Waals surface area contributed by atoms with E-state index in [1.807, 2.05) is 6.92 Å². The monoisotopic (exact) mass is 782 g/mol. The first-order chi connectivity index (χ1) is 26.9. The molecule has 1 heterocycles. The van der Waals surface area contributed by atoms with Crippen molar-refractivity contribution in [3.05, 3.63) is 23.8 Å². The predicted octanol–water partition coefficient (Wildman–Crippen LogP) is 8.89. The molecular weight excluding hydrogens is 711 g/mol. The Morgan fingerprint density at radius 2 is 1.39 bits per heavy atom. The minimum absolute atomic E-state index is 0.0552. The van der Waals surface area contributed by atoms with Crippen molar-refractivity contribution in [1.29, 1.82) is 0 Å². The second-order valence-corrected chi connectivity index (χ2v) is 24.3. The average molecular weight is 782 g/mol. The highest BCUT2D eigenvalue weighted by atomic mass is 16.6. The highest BCUT2D eigenvalue weighted by molar-refractivity contribution is 6.00. The van der Waals surface area contributed by atoms with Crippen LogP contribution >= 0.6 is 0 Å². The van der Waals surface area contributed by atoms with E-state index in [1.165, 1.54) is 25.7 Å². The van der Waals surface area contributed by atoms with Gasteiger partial charge >= 0.3 is 5.97 Å². The van der Waals surface area contributed by atoms with E-state index in [1.54, 1.807) is 0 Å². The number of ketones is 1. The van der Waals surface area contributed by atoms with Crippen LogP contribution in [0, 0.1) is 73.4 Å². The van der Waals surface area contributed by atoms with Crippen LogP contribution in [0.15, 0.2) is 23.8 Å². The Balaban J connectivity index is 0.990. The fourth-order valence-corrected chi connectivity index (χ4v) is 18.6. The molecule has 9 saturated carbocycles. The Hall–Kier alpha value is -1.99. The molecule has 0 aromatic carbocycles. The molecule has 13 rings (SSSR count). The summed E-state index contributed by atoms with van der Waals surface area (Å²) in [6.07, 6.45) is 26.5. The molecule has 312 valence electrons. The highest BCUT2D eigenvalue weighted by Gasteiger charge is 2.78. The highest BCUT2D eigenvalue weighted by Crippen LogP contribution is 2.79. The van der Waals surface area contributed by atoms with Gasteiger partial charge in [0.1, 0.15) is 0 Å². The molecule has 10 fully saturated rings. The molecule has 1 amide bonds. The lowest BCUT2D eigenvalue weighted by Gasteiger charge is -2.71. The van der Waals surface area contributed by atoms with Crippen LogP contribution in [0.25, 0.3) is 0 Å². The Morgan fingerprint density at radius 1 is 0.754 bits per heavy atom. The van der Waals surface area contributed by atoms with Crippen molar-refractivity contribution in [3.63, 3.8) is 0 Å². The zero-order valence-corrected chi connectivity index (χ0v) is 35.8. The van der Waals surface area contributed by atoms with Gasteiger partial charge in [0, 0.05) is 39.7 Å². The lowest BCUT2D eigenvalue weighted by molar-refractivity contribution is -0.192. The van der Waals surface area contributed by atoms with E-state index >= 15 is 9.59 Å². The van der Waals surface area contributed by atoms with Crippen molar-refractivity contribution in [1.82, 2.24) is 4.90 Å². The molecule has 0 aromatic heterocycles. The zero-order chi connectivity index (χ0) is 39.8. The van der Waals surface area contributed by atoms with Crippen LogP contribution in [0.4, 0.5) is 0 Å². The Kier molecular flexibility index (Phi) is 7.78. The van der Waals surface area contributed by atoms with E-state index in [4.69, 9.17) is 4.74 Å². The third-order valence-corrected chi connectivity index (χ3v) is 21.8. The van der Waals surface area contributed by atoms with Crippen molar-refractivity contribution >= 4 is 17.7 Å². The van der Waals surface area contributed by atoms with Gasteiger partial charge in [-0.2, -0.15) is 0 Å². The smallest absolute Gasteiger partial charge is 0.313 e. The number of Topliss-reactive ketones (excluding diaryl/α,β-unsaturated/α-hetero) is 1. The van der Waals surface area contributed by atoms with Crippen molar-refractivity contribution < 1.29 is 29.3 Å². The van der Waals surface area contributed by atoms with Gasteiger partial charge < -0.3 is 19.8 Å². The maximum Gasteiger partial charge on any atom is 0.313 e. The standard InChI is InChI=1S/C50H71NO6/c1-42(2)45(5)17-20-50(42,57-41(45)55)40(54)51(29-46-24-31-21-32(25-46)23-33(22-31)26-46)30-48(56)16-13-38-44(48,4)15-12-37-43(3)14-11-35(52)27-47(43)18-19-49(37,38)36(28-47)39(53)34-9-7-6-8-10-34/h18-19,28,31-35,37-38,52,56H,6-17,20-27,29-30H2,1-5H3. The van der Waals surface area contributed by atoms with Gasteiger partial charge in [0.05, 0.1) is 23.7 Å². The molecule has 2 N–H and O–H groups in total. The lowest BCUT2D eigenvalue weighted by Crippen LogP contribution is -2.68. The quantitative estimate of drug-likeness (QED) is 0.198. The predicted molar refractivity (Wildman–Crippen MR) is 217 cm³/mol. The summed E-state index contributed by atoms with van der Waals surface area (Å²) in [5.41, 5.74) is -4.01. The fraction of sp³-hybridized carbons (Fsp3) is 0.860. The van der Waals surface area contributed by atoms with Gasteiger partial charge in [0.2, 0.25) is 0 Å². The number of carbonyl (C=O) groups is 3. The number of hydrogen-bond acceptors (Lipinski definition) is 6. The summed E-state index contributed by atoms with van der Waals surface area (Å²) in [6.45, 7) is 11.9. The molecule has 12 aliphatic carbocycles. The SMILES string of the molecule is CC12CCC(C(=O)N(CC34CC5CC(CC(C5)C3)C4)CC3(O)CCC4C56C=CC7(C=C5C(=O)C5CCCCC5)CC(O)CCC7(C)C6CCC43C)(OC1=O)C2(C)C. The zero-order valence-electron chi connectivity index (χ0n) is 35.8. The summed E-state index contributed by atoms with van der Waals surface area (Å²) < 4.78 is 6.35. The van der Waals surface area contributed by atoms with Gasteiger partial charge in [-0.15, -0.1) is 0 Å². The largest absolute Gasteiger partial charge is 0.448 e. The third-order valence-electron chi connectivity index (χ3n) is 21.8. The minimum atomic E-state index is -1.21. The van der Waals surface area contributed by atoms with Gasteiger partial charge in [0.15, 0.2) is 11.4 Å². The molecule has 7 nitrogen and oxygen atoms in total. The Morgan fingerprint density at radius 3 is 2.02 bits per heavy atom. The molecule has 7 heteroatoms. The summed E-state index contributed by atoms with van der Waals surface area (Å²) in [5.74, 6) is 2.64. The van der Waals surface area contributed by atoms with Gasteiger partial charge in [-0.3, -0.25) is 14.4 Å². The van der Waals surface area contributed by atoms with Gasteiger partial charge in [0.25, 0.3) is 5.91 Å². The number of fused-ring (bicyclic) bond motifs is 3. The van der Waals surface area contributed by atoms with Crippen LogP contribution in [0.3, 0.4) is 0 Å². The number of hydrogen-bond donors (Lipinski definition) is 2. The van der Waals surface area contributed by atoms with Crippen LogP contribution in [-0.4, -0.2) is 63.2 Å². The minimum Gasteiger partial charge on any atom is -0.448 e. The van der Waals surface area contributed by atoms with E-state index in [-0.39, 0.29) is 58.5 Å². The molecule has 1 saturated heterocycles. The van der Waals surface area contributed by atoms with Crippen LogP contribution in [0.1, 0.15) is 163 Å². The molecule has 10 unspecified atom stereocenters.